The fourth-order valence-corrected chi connectivity index (χ4v) is 7.53. The Morgan fingerprint density at radius 1 is 0.397 bits per heavy atom. The highest BCUT2D eigenvalue weighted by atomic mass is 16.6. The van der Waals surface area contributed by atoms with E-state index in [1.54, 1.807) is 0 Å². The predicted molar refractivity (Wildman–Crippen MR) is 251 cm³/mol. The zero-order valence-electron chi connectivity index (χ0n) is 38.8. The van der Waals surface area contributed by atoms with E-state index in [1.165, 1.54) is 186 Å². The van der Waals surface area contributed by atoms with Crippen LogP contribution in [0.25, 0.3) is 0 Å². The maximum absolute atomic E-state index is 12.2. The summed E-state index contributed by atoms with van der Waals surface area (Å²) in [5.74, 6) is -0.597. The van der Waals surface area contributed by atoms with Crippen molar-refractivity contribution in [2.45, 2.75) is 277 Å². The Morgan fingerprint density at radius 2 is 0.724 bits per heavy atom. The molecule has 0 bridgehead atoms. The van der Waals surface area contributed by atoms with E-state index < -0.39 is 6.10 Å². The normalized spacial score (nSPS) is 12.4. The first kappa shape index (κ1) is 56.1. The van der Waals surface area contributed by atoms with Crippen LogP contribution in [0.5, 0.6) is 0 Å². The summed E-state index contributed by atoms with van der Waals surface area (Å²) >= 11 is 0. The van der Waals surface area contributed by atoms with Crippen molar-refractivity contribution in [3.63, 3.8) is 0 Å². The Kier molecular flexibility index (Phi) is 47.9. The number of carbonyl (C=O) groups excluding carboxylic acids is 2. The first-order valence-electron chi connectivity index (χ1n) is 25.5. The number of carbonyl (C=O) groups is 2. The van der Waals surface area contributed by atoms with Gasteiger partial charge in [0.25, 0.3) is 0 Å². The fourth-order valence-electron chi connectivity index (χ4n) is 7.53. The van der Waals surface area contributed by atoms with Crippen LogP contribution in [-0.2, 0) is 19.1 Å². The lowest BCUT2D eigenvalue weighted by molar-refractivity contribution is -0.161. The molecule has 1 N–H and O–H groups in total. The third-order valence-corrected chi connectivity index (χ3v) is 11.4. The summed E-state index contributed by atoms with van der Waals surface area (Å²) in [6, 6.07) is 0. The van der Waals surface area contributed by atoms with Crippen molar-refractivity contribution in [3.05, 3.63) is 36.5 Å². The molecule has 58 heavy (non-hydrogen) atoms. The number of hydrogen-bond donors (Lipinski definition) is 1. The van der Waals surface area contributed by atoms with E-state index in [4.69, 9.17) is 9.47 Å². The minimum atomic E-state index is -0.776. The van der Waals surface area contributed by atoms with Crippen LogP contribution in [0.15, 0.2) is 36.5 Å². The largest absolute Gasteiger partial charge is 0.462 e. The number of ether oxygens (including phenoxy) is 2. The van der Waals surface area contributed by atoms with Gasteiger partial charge in [0.05, 0.1) is 6.61 Å². The van der Waals surface area contributed by atoms with Gasteiger partial charge in [-0.3, -0.25) is 9.59 Å². The average Bonchev–Trinajstić information content (AvgIpc) is 3.23. The van der Waals surface area contributed by atoms with E-state index in [0.29, 0.717) is 12.8 Å². The van der Waals surface area contributed by atoms with Gasteiger partial charge in [-0.05, 0) is 64.2 Å². The number of unbranched alkanes of at least 4 members (excludes halogenated alkanes) is 33. The summed E-state index contributed by atoms with van der Waals surface area (Å²) < 4.78 is 10.6. The molecule has 0 spiro atoms. The number of esters is 2. The molecule has 5 nitrogen and oxygen atoms in total. The molecule has 0 aromatic heterocycles. The third-order valence-electron chi connectivity index (χ3n) is 11.4. The smallest absolute Gasteiger partial charge is 0.306 e. The van der Waals surface area contributed by atoms with Crippen LogP contribution in [0.3, 0.4) is 0 Å². The van der Waals surface area contributed by atoms with Crippen molar-refractivity contribution < 1.29 is 24.2 Å². The molecule has 1 atom stereocenters. The predicted octanol–water partition coefficient (Wildman–Crippen LogP) is 16.7. The highest BCUT2D eigenvalue weighted by Gasteiger charge is 2.16. The second kappa shape index (κ2) is 49.5. The maximum atomic E-state index is 12.2. The monoisotopic (exact) mass is 815 g/mol. The molecule has 0 aliphatic carbocycles. The Labute approximate surface area is 361 Å². The van der Waals surface area contributed by atoms with E-state index in [9.17, 15) is 14.7 Å². The summed E-state index contributed by atoms with van der Waals surface area (Å²) in [6.45, 7) is 4.08. The Balaban J connectivity index is 3.41. The van der Waals surface area contributed by atoms with Crippen molar-refractivity contribution >= 4 is 11.9 Å². The maximum Gasteiger partial charge on any atom is 0.306 e. The molecule has 0 aromatic rings. The molecule has 340 valence electrons. The van der Waals surface area contributed by atoms with Crippen LogP contribution >= 0.6 is 0 Å². The molecule has 0 saturated carbocycles. The van der Waals surface area contributed by atoms with Crippen LogP contribution in [0.1, 0.15) is 271 Å². The van der Waals surface area contributed by atoms with Crippen LogP contribution in [0.2, 0.25) is 0 Å². The summed E-state index contributed by atoms with van der Waals surface area (Å²) in [5.41, 5.74) is 0. The quantitative estimate of drug-likeness (QED) is 0.0376. The molecule has 0 heterocycles. The molecule has 0 aliphatic rings. The van der Waals surface area contributed by atoms with Gasteiger partial charge in [0, 0.05) is 12.8 Å². The van der Waals surface area contributed by atoms with E-state index >= 15 is 0 Å². The molecule has 0 aromatic carbocycles. The Morgan fingerprint density at radius 3 is 1.10 bits per heavy atom. The average molecular weight is 815 g/mol. The molecule has 0 fully saturated rings. The second-order valence-corrected chi connectivity index (χ2v) is 17.2. The van der Waals surface area contributed by atoms with E-state index in [1.807, 2.05) is 0 Å². The molecule has 5 heteroatoms. The van der Waals surface area contributed by atoms with Gasteiger partial charge >= 0.3 is 11.9 Å². The standard InChI is InChI=1S/C53H98O5/c1-3-5-7-9-11-13-15-17-18-19-20-21-22-23-24-25-26-27-28-29-30-31-32-33-34-36-37-39-41-43-45-47-52(55)57-50-51(49-54)58-53(56)48-46-44-42-40-38-35-16-14-12-10-8-6-4-2/h8,10,14,16,19-20,51,54H,3-7,9,11-13,15,17-18,21-50H2,1-2H3/b10-8-,16-14-,20-19-. The Hall–Kier alpha value is -1.88. The summed E-state index contributed by atoms with van der Waals surface area (Å²) in [5, 5.41) is 9.59. The van der Waals surface area contributed by atoms with Gasteiger partial charge in [-0.1, -0.05) is 230 Å². The molecular formula is C53H98O5. The van der Waals surface area contributed by atoms with Crippen LogP contribution < -0.4 is 0 Å². The minimum Gasteiger partial charge on any atom is -0.462 e. The molecule has 1 unspecified atom stereocenters. The molecule has 0 rings (SSSR count). The van der Waals surface area contributed by atoms with Gasteiger partial charge in [0.2, 0.25) is 0 Å². The van der Waals surface area contributed by atoms with E-state index in [0.717, 1.165) is 57.8 Å². The number of aliphatic hydroxyl groups is 1. The Bertz CT molecular complexity index is 924. The topological polar surface area (TPSA) is 72.8 Å². The number of aliphatic hydroxyl groups excluding tert-OH is 1. The van der Waals surface area contributed by atoms with Crippen molar-refractivity contribution in [2.24, 2.45) is 0 Å². The van der Waals surface area contributed by atoms with Gasteiger partial charge in [-0.15, -0.1) is 0 Å². The summed E-state index contributed by atoms with van der Waals surface area (Å²) in [6.07, 6.45) is 62.6. The van der Waals surface area contributed by atoms with Gasteiger partial charge in [0.15, 0.2) is 6.10 Å². The van der Waals surface area contributed by atoms with Gasteiger partial charge < -0.3 is 14.6 Å². The molecule has 0 saturated heterocycles. The van der Waals surface area contributed by atoms with Gasteiger partial charge in [0.1, 0.15) is 6.61 Å². The van der Waals surface area contributed by atoms with Crippen LogP contribution in [-0.4, -0.2) is 36.4 Å². The first-order chi connectivity index (χ1) is 28.6. The van der Waals surface area contributed by atoms with Crippen molar-refractivity contribution in [1.82, 2.24) is 0 Å². The van der Waals surface area contributed by atoms with Crippen molar-refractivity contribution in [2.75, 3.05) is 13.2 Å². The first-order valence-corrected chi connectivity index (χ1v) is 25.5. The molecular weight excluding hydrogens is 717 g/mol. The zero-order chi connectivity index (χ0) is 42.1. The molecule has 0 radical (unpaired) electrons. The van der Waals surface area contributed by atoms with Crippen molar-refractivity contribution in [3.8, 4) is 0 Å². The number of allylic oxidation sites excluding steroid dienone is 6. The SMILES string of the molecule is CCC/C=C\C/C=C\CCCCCCCC(=O)OC(CO)COC(=O)CCCCCCCCCCCCCCCCCCCCC/C=C\CCCCCCCCCC. The number of rotatable bonds is 47. The lowest BCUT2D eigenvalue weighted by atomic mass is 10.0. The lowest BCUT2D eigenvalue weighted by Crippen LogP contribution is -2.28. The second-order valence-electron chi connectivity index (χ2n) is 17.2. The van der Waals surface area contributed by atoms with Crippen molar-refractivity contribution in [1.29, 1.82) is 0 Å². The minimum absolute atomic E-state index is 0.0684. The van der Waals surface area contributed by atoms with Crippen LogP contribution in [0.4, 0.5) is 0 Å². The fraction of sp³-hybridized carbons (Fsp3) is 0.849. The highest BCUT2D eigenvalue weighted by Crippen LogP contribution is 2.16. The van der Waals surface area contributed by atoms with Gasteiger partial charge in [-0.25, -0.2) is 0 Å². The zero-order valence-corrected chi connectivity index (χ0v) is 38.8. The van der Waals surface area contributed by atoms with Gasteiger partial charge in [-0.2, -0.15) is 0 Å². The summed E-state index contributed by atoms with van der Waals surface area (Å²) in [7, 11) is 0. The highest BCUT2D eigenvalue weighted by molar-refractivity contribution is 5.70. The van der Waals surface area contributed by atoms with Crippen LogP contribution in [0, 0.1) is 0 Å². The van der Waals surface area contributed by atoms with E-state index in [2.05, 4.69) is 50.3 Å². The van der Waals surface area contributed by atoms with E-state index in [-0.39, 0.29) is 25.2 Å². The number of hydrogen-bond acceptors (Lipinski definition) is 5. The molecule has 0 amide bonds. The lowest BCUT2D eigenvalue weighted by Gasteiger charge is -2.15. The summed E-state index contributed by atoms with van der Waals surface area (Å²) in [4.78, 5) is 24.4. The molecule has 0 aliphatic heterocycles. The third kappa shape index (κ3) is 46.8.